The highest BCUT2D eigenvalue weighted by Gasteiger charge is 2.18. The Kier molecular flexibility index (Phi) is 6.35. The Morgan fingerprint density at radius 2 is 1.73 bits per heavy atom. The van der Waals surface area contributed by atoms with Gasteiger partial charge >= 0.3 is 12.2 Å². The Bertz CT molecular complexity index is 780. The van der Waals surface area contributed by atoms with Gasteiger partial charge in [-0.05, 0) is 38.3 Å². The fourth-order valence-electron chi connectivity index (χ4n) is 1.89. The summed E-state index contributed by atoms with van der Waals surface area (Å²) >= 11 is 1.34. The zero-order valence-electron chi connectivity index (χ0n) is 14.7. The van der Waals surface area contributed by atoms with E-state index in [1.807, 2.05) is 0 Å². The van der Waals surface area contributed by atoms with E-state index in [1.54, 1.807) is 61.9 Å². The molecule has 2 rings (SSSR count). The zero-order chi connectivity index (χ0) is 19.2. The summed E-state index contributed by atoms with van der Waals surface area (Å²) in [5, 5.41) is 8.19. The van der Waals surface area contributed by atoms with Gasteiger partial charge in [0, 0.05) is 16.5 Å². The van der Waals surface area contributed by atoms with E-state index in [9.17, 15) is 14.4 Å². The lowest BCUT2D eigenvalue weighted by molar-refractivity contribution is 0.0635. The predicted octanol–water partition coefficient (Wildman–Crippen LogP) is 4.16. The summed E-state index contributed by atoms with van der Waals surface area (Å²) < 4.78 is 10.2. The number of rotatable bonds is 4. The molecule has 2 aromatic rings. The molecule has 0 fully saturated rings. The van der Waals surface area contributed by atoms with Crippen LogP contribution in [0.2, 0.25) is 0 Å². The number of imide groups is 1. The number of carbonyl (C=O) groups excluding carboxylic acids is 3. The molecule has 0 spiro atoms. The van der Waals surface area contributed by atoms with Crippen molar-refractivity contribution in [2.75, 3.05) is 5.32 Å². The second-order valence-electron chi connectivity index (χ2n) is 6.33. The number of benzene rings is 1. The quantitative estimate of drug-likeness (QED) is 0.835. The summed E-state index contributed by atoms with van der Waals surface area (Å²) in [7, 11) is 0. The lowest BCUT2D eigenvalue weighted by Gasteiger charge is -2.19. The van der Waals surface area contributed by atoms with Crippen LogP contribution in [-0.2, 0) is 16.1 Å². The normalized spacial score (nSPS) is 10.7. The minimum Gasteiger partial charge on any atom is -0.444 e. The van der Waals surface area contributed by atoms with Crippen LogP contribution >= 0.6 is 11.3 Å². The minimum absolute atomic E-state index is 0.0947. The third-order valence-corrected chi connectivity index (χ3v) is 3.78. The predicted molar refractivity (Wildman–Crippen MR) is 98.3 cm³/mol. The van der Waals surface area contributed by atoms with Gasteiger partial charge in [-0.15, -0.1) is 11.3 Å². The molecular weight excluding hydrogens is 356 g/mol. The summed E-state index contributed by atoms with van der Waals surface area (Å²) in [6, 6.07) is 8.33. The first-order chi connectivity index (χ1) is 12.2. The maximum Gasteiger partial charge on any atom is 0.414 e. The van der Waals surface area contributed by atoms with E-state index < -0.39 is 23.7 Å². The van der Waals surface area contributed by atoms with Crippen molar-refractivity contribution in [1.82, 2.24) is 5.32 Å². The van der Waals surface area contributed by atoms with Crippen molar-refractivity contribution in [3.05, 3.63) is 52.2 Å². The van der Waals surface area contributed by atoms with Crippen LogP contribution in [0.1, 0.15) is 36.7 Å². The smallest absolute Gasteiger partial charge is 0.414 e. The van der Waals surface area contributed by atoms with E-state index in [4.69, 9.17) is 9.47 Å². The molecule has 2 N–H and O–H groups in total. The van der Waals surface area contributed by atoms with Crippen molar-refractivity contribution < 1.29 is 23.9 Å². The van der Waals surface area contributed by atoms with Gasteiger partial charge in [-0.3, -0.25) is 15.4 Å². The SMILES string of the molecule is CC(C)(C)OC(=O)Nc1cscc1COC(=O)NC(=O)c1ccccc1. The van der Waals surface area contributed by atoms with Crippen molar-refractivity contribution in [1.29, 1.82) is 0 Å². The Labute approximate surface area is 155 Å². The molecule has 0 unspecified atom stereocenters. The highest BCUT2D eigenvalue weighted by atomic mass is 32.1. The summed E-state index contributed by atoms with van der Waals surface area (Å²) in [5.74, 6) is -0.548. The largest absolute Gasteiger partial charge is 0.444 e. The number of hydrogen-bond donors (Lipinski definition) is 2. The number of amides is 3. The number of ether oxygens (including phenoxy) is 2. The van der Waals surface area contributed by atoms with E-state index in [2.05, 4.69) is 10.6 Å². The van der Waals surface area contributed by atoms with Crippen molar-refractivity contribution in [2.24, 2.45) is 0 Å². The lowest BCUT2D eigenvalue weighted by Crippen LogP contribution is -2.31. The summed E-state index contributed by atoms with van der Waals surface area (Å²) in [6.45, 7) is 5.19. The molecule has 138 valence electrons. The molecule has 7 nitrogen and oxygen atoms in total. The van der Waals surface area contributed by atoms with Gasteiger partial charge in [0.2, 0.25) is 0 Å². The van der Waals surface area contributed by atoms with Crippen LogP contribution in [-0.4, -0.2) is 23.7 Å². The van der Waals surface area contributed by atoms with Gasteiger partial charge in [-0.2, -0.15) is 0 Å². The standard InChI is InChI=1S/C18H20N2O5S/c1-18(2,3)25-17(23)19-14-11-26-10-13(14)9-24-16(22)20-15(21)12-7-5-4-6-8-12/h4-8,10-11H,9H2,1-3H3,(H,19,23)(H,20,21,22). The Morgan fingerprint density at radius 3 is 2.38 bits per heavy atom. The first-order valence-corrected chi connectivity index (χ1v) is 8.77. The number of anilines is 1. The number of alkyl carbamates (subject to hydrolysis) is 1. The molecule has 0 atom stereocenters. The van der Waals surface area contributed by atoms with E-state index in [1.165, 1.54) is 11.3 Å². The highest BCUT2D eigenvalue weighted by Crippen LogP contribution is 2.22. The molecule has 1 aromatic carbocycles. The van der Waals surface area contributed by atoms with Gasteiger partial charge in [-0.25, -0.2) is 9.59 Å². The van der Waals surface area contributed by atoms with Crippen LogP contribution in [0.15, 0.2) is 41.1 Å². The molecule has 0 aliphatic heterocycles. The molecular formula is C18H20N2O5S. The summed E-state index contributed by atoms with van der Waals surface area (Å²) in [6.07, 6.45) is -1.46. The maximum absolute atomic E-state index is 11.9. The summed E-state index contributed by atoms with van der Waals surface area (Å²) in [5.41, 5.74) is 0.830. The van der Waals surface area contributed by atoms with Crippen LogP contribution in [0.3, 0.4) is 0 Å². The fraction of sp³-hybridized carbons (Fsp3) is 0.278. The maximum atomic E-state index is 11.9. The third kappa shape index (κ3) is 6.21. The van der Waals surface area contributed by atoms with Crippen LogP contribution in [0.5, 0.6) is 0 Å². The van der Waals surface area contributed by atoms with Gasteiger partial charge in [-0.1, -0.05) is 18.2 Å². The van der Waals surface area contributed by atoms with Crippen molar-refractivity contribution >= 4 is 35.1 Å². The molecule has 3 amide bonds. The third-order valence-electron chi connectivity index (χ3n) is 2.99. The van der Waals surface area contributed by atoms with Crippen LogP contribution in [0, 0.1) is 0 Å². The summed E-state index contributed by atoms with van der Waals surface area (Å²) in [4.78, 5) is 35.5. The van der Waals surface area contributed by atoms with Crippen LogP contribution in [0.25, 0.3) is 0 Å². The zero-order valence-corrected chi connectivity index (χ0v) is 15.5. The Hall–Kier alpha value is -2.87. The Balaban J connectivity index is 1.86. The molecule has 0 saturated heterocycles. The molecule has 0 aliphatic rings. The molecule has 0 saturated carbocycles. The number of nitrogens with one attached hydrogen (secondary N) is 2. The molecule has 8 heteroatoms. The average Bonchev–Trinajstić information content (AvgIpc) is 2.99. The first kappa shape index (κ1) is 19.5. The number of thiophene rings is 1. The van der Waals surface area contributed by atoms with E-state index in [0.29, 0.717) is 16.8 Å². The van der Waals surface area contributed by atoms with Gasteiger partial charge in [0.25, 0.3) is 5.91 Å². The molecule has 0 radical (unpaired) electrons. The fourth-order valence-corrected chi connectivity index (χ4v) is 2.67. The Morgan fingerprint density at radius 1 is 1.04 bits per heavy atom. The molecule has 1 aromatic heterocycles. The van der Waals surface area contributed by atoms with E-state index >= 15 is 0 Å². The van der Waals surface area contributed by atoms with Crippen molar-refractivity contribution in [3.8, 4) is 0 Å². The van der Waals surface area contributed by atoms with Gasteiger partial charge in [0.1, 0.15) is 12.2 Å². The monoisotopic (exact) mass is 376 g/mol. The minimum atomic E-state index is -0.867. The number of carbonyl (C=O) groups is 3. The topological polar surface area (TPSA) is 93.7 Å². The van der Waals surface area contributed by atoms with Gasteiger partial charge < -0.3 is 9.47 Å². The second-order valence-corrected chi connectivity index (χ2v) is 7.08. The first-order valence-electron chi connectivity index (χ1n) is 7.83. The molecule has 0 bridgehead atoms. The average molecular weight is 376 g/mol. The molecule has 1 heterocycles. The van der Waals surface area contributed by atoms with Gasteiger partial charge in [0.05, 0.1) is 5.69 Å². The molecule has 0 aliphatic carbocycles. The van der Waals surface area contributed by atoms with Crippen molar-refractivity contribution in [2.45, 2.75) is 33.0 Å². The number of hydrogen-bond acceptors (Lipinski definition) is 6. The van der Waals surface area contributed by atoms with Gasteiger partial charge in [0.15, 0.2) is 0 Å². The lowest BCUT2D eigenvalue weighted by atomic mass is 10.2. The van der Waals surface area contributed by atoms with E-state index in [0.717, 1.165) is 0 Å². The second kappa shape index (κ2) is 8.48. The molecule has 26 heavy (non-hydrogen) atoms. The van der Waals surface area contributed by atoms with Crippen LogP contribution in [0.4, 0.5) is 15.3 Å². The van der Waals surface area contributed by atoms with E-state index in [-0.39, 0.29) is 6.61 Å². The highest BCUT2D eigenvalue weighted by molar-refractivity contribution is 7.08. The van der Waals surface area contributed by atoms with Crippen molar-refractivity contribution in [3.63, 3.8) is 0 Å². The van der Waals surface area contributed by atoms with Crippen LogP contribution < -0.4 is 10.6 Å².